The topological polar surface area (TPSA) is 12.0 Å². The van der Waals surface area contributed by atoms with Gasteiger partial charge in [-0.2, -0.15) is 11.8 Å². The standard InChI is InChI=1S/C16H27NS2/c1-2-17-14(10-11-16-9-6-12-18-16)13-19-15-7-4-3-5-8-15/h6,9,12,14-15,17H,2-5,7-8,10-11,13H2,1H3. The van der Waals surface area contributed by atoms with Crippen molar-refractivity contribution in [1.29, 1.82) is 0 Å². The Morgan fingerprint density at radius 2 is 2.21 bits per heavy atom. The molecule has 1 nitrogen and oxygen atoms in total. The third-order valence-electron chi connectivity index (χ3n) is 3.90. The molecule has 1 heterocycles. The summed E-state index contributed by atoms with van der Waals surface area (Å²) in [5, 5.41) is 6.80. The van der Waals surface area contributed by atoms with Gasteiger partial charge in [-0.25, -0.2) is 0 Å². The lowest BCUT2D eigenvalue weighted by Gasteiger charge is -2.24. The number of thioether (sulfide) groups is 1. The number of hydrogen-bond acceptors (Lipinski definition) is 3. The minimum Gasteiger partial charge on any atom is -0.313 e. The highest BCUT2D eigenvalue weighted by Crippen LogP contribution is 2.29. The molecule has 0 aliphatic heterocycles. The van der Waals surface area contributed by atoms with Gasteiger partial charge in [0.2, 0.25) is 0 Å². The van der Waals surface area contributed by atoms with Crippen LogP contribution in [0.25, 0.3) is 0 Å². The molecule has 0 amide bonds. The zero-order valence-electron chi connectivity index (χ0n) is 12.1. The molecule has 0 aromatic carbocycles. The van der Waals surface area contributed by atoms with E-state index in [1.807, 2.05) is 11.3 Å². The molecule has 1 atom stereocenters. The van der Waals surface area contributed by atoms with Crippen molar-refractivity contribution in [3.8, 4) is 0 Å². The maximum atomic E-state index is 3.67. The Bertz CT molecular complexity index is 317. The molecular formula is C16H27NS2. The molecule has 1 unspecified atom stereocenters. The van der Waals surface area contributed by atoms with E-state index in [4.69, 9.17) is 0 Å². The minimum atomic E-state index is 0.694. The van der Waals surface area contributed by atoms with Crippen LogP contribution in [-0.4, -0.2) is 23.6 Å². The lowest BCUT2D eigenvalue weighted by atomic mass is 10.0. The van der Waals surface area contributed by atoms with Crippen LogP contribution in [0.2, 0.25) is 0 Å². The van der Waals surface area contributed by atoms with Crippen LogP contribution in [0.1, 0.15) is 50.3 Å². The molecule has 1 aromatic heterocycles. The minimum absolute atomic E-state index is 0.694. The van der Waals surface area contributed by atoms with Crippen LogP contribution in [0.5, 0.6) is 0 Å². The summed E-state index contributed by atoms with van der Waals surface area (Å²) in [5.41, 5.74) is 0. The van der Waals surface area contributed by atoms with Crippen LogP contribution in [0.3, 0.4) is 0 Å². The van der Waals surface area contributed by atoms with Crippen molar-refractivity contribution >= 4 is 23.1 Å². The molecule has 1 saturated carbocycles. The van der Waals surface area contributed by atoms with Crippen molar-refractivity contribution in [1.82, 2.24) is 5.32 Å². The molecule has 1 N–H and O–H groups in total. The van der Waals surface area contributed by atoms with Crippen LogP contribution in [-0.2, 0) is 6.42 Å². The summed E-state index contributed by atoms with van der Waals surface area (Å²) >= 11 is 4.12. The highest BCUT2D eigenvalue weighted by molar-refractivity contribution is 7.99. The van der Waals surface area contributed by atoms with E-state index in [-0.39, 0.29) is 0 Å². The SMILES string of the molecule is CCNC(CCc1cccs1)CSC1CCCCC1. The van der Waals surface area contributed by atoms with E-state index in [0.29, 0.717) is 6.04 Å². The monoisotopic (exact) mass is 297 g/mol. The predicted molar refractivity (Wildman–Crippen MR) is 89.4 cm³/mol. The molecule has 19 heavy (non-hydrogen) atoms. The normalized spacial score (nSPS) is 18.6. The summed E-state index contributed by atoms with van der Waals surface area (Å²) in [6.45, 7) is 3.32. The van der Waals surface area contributed by atoms with Gasteiger partial charge in [0.15, 0.2) is 0 Å². The third-order valence-corrected chi connectivity index (χ3v) is 6.37. The molecule has 1 aromatic rings. The fraction of sp³-hybridized carbons (Fsp3) is 0.750. The zero-order chi connectivity index (χ0) is 13.3. The van der Waals surface area contributed by atoms with E-state index in [1.165, 1.54) is 55.6 Å². The van der Waals surface area contributed by atoms with Crippen molar-refractivity contribution in [3.05, 3.63) is 22.4 Å². The van der Waals surface area contributed by atoms with Crippen molar-refractivity contribution in [2.45, 2.75) is 63.2 Å². The van der Waals surface area contributed by atoms with Crippen LogP contribution in [0.4, 0.5) is 0 Å². The quantitative estimate of drug-likeness (QED) is 0.745. The zero-order valence-corrected chi connectivity index (χ0v) is 13.7. The average molecular weight is 298 g/mol. The lowest BCUT2D eigenvalue weighted by Crippen LogP contribution is -2.32. The molecule has 0 spiro atoms. The number of hydrogen-bond donors (Lipinski definition) is 1. The second kappa shape index (κ2) is 9.04. The Kier molecular flexibility index (Phi) is 7.33. The van der Waals surface area contributed by atoms with Crippen LogP contribution in [0, 0.1) is 0 Å². The Morgan fingerprint density at radius 1 is 1.37 bits per heavy atom. The van der Waals surface area contributed by atoms with Crippen molar-refractivity contribution < 1.29 is 0 Å². The lowest BCUT2D eigenvalue weighted by molar-refractivity contribution is 0.509. The van der Waals surface area contributed by atoms with Gasteiger partial charge in [-0.15, -0.1) is 11.3 Å². The fourth-order valence-corrected chi connectivity index (χ4v) is 4.97. The molecule has 108 valence electrons. The molecule has 0 saturated heterocycles. The van der Waals surface area contributed by atoms with E-state index in [9.17, 15) is 0 Å². The molecule has 3 heteroatoms. The largest absolute Gasteiger partial charge is 0.313 e. The van der Waals surface area contributed by atoms with E-state index < -0.39 is 0 Å². The van der Waals surface area contributed by atoms with Gasteiger partial charge in [-0.3, -0.25) is 0 Å². The van der Waals surface area contributed by atoms with Crippen LogP contribution in [0.15, 0.2) is 17.5 Å². The summed E-state index contributed by atoms with van der Waals surface area (Å²) in [4.78, 5) is 1.53. The number of rotatable bonds is 8. The number of aryl methyl sites for hydroxylation is 1. The Morgan fingerprint density at radius 3 is 2.89 bits per heavy atom. The van der Waals surface area contributed by atoms with Gasteiger partial charge in [0, 0.05) is 21.9 Å². The fourth-order valence-electron chi connectivity index (χ4n) is 2.79. The second-order valence-corrected chi connectivity index (χ2v) is 7.83. The Labute approximate surface area is 126 Å². The maximum Gasteiger partial charge on any atom is 0.0161 e. The first-order valence-corrected chi connectivity index (χ1v) is 9.68. The van der Waals surface area contributed by atoms with E-state index in [1.54, 1.807) is 0 Å². The van der Waals surface area contributed by atoms with Crippen LogP contribution >= 0.6 is 23.1 Å². The summed E-state index contributed by atoms with van der Waals surface area (Å²) in [6, 6.07) is 5.13. The molecule has 2 rings (SSSR count). The summed E-state index contributed by atoms with van der Waals surface area (Å²) in [5.74, 6) is 1.30. The van der Waals surface area contributed by atoms with E-state index in [0.717, 1.165) is 11.8 Å². The Balaban J connectivity index is 1.68. The molecule has 1 aliphatic carbocycles. The molecule has 1 fully saturated rings. The van der Waals surface area contributed by atoms with E-state index >= 15 is 0 Å². The van der Waals surface area contributed by atoms with Gasteiger partial charge in [-0.1, -0.05) is 32.3 Å². The highest BCUT2D eigenvalue weighted by Gasteiger charge is 2.16. The van der Waals surface area contributed by atoms with Crippen molar-refractivity contribution in [3.63, 3.8) is 0 Å². The predicted octanol–water partition coefficient (Wildman–Crippen LogP) is 4.72. The summed E-state index contributed by atoms with van der Waals surface area (Å²) in [7, 11) is 0. The first-order chi connectivity index (χ1) is 9.38. The second-order valence-electron chi connectivity index (χ2n) is 5.47. The van der Waals surface area contributed by atoms with Gasteiger partial charge in [-0.05, 0) is 43.7 Å². The molecule has 0 bridgehead atoms. The Hall–Kier alpha value is 0.01000. The first kappa shape index (κ1) is 15.4. The molecule has 1 aliphatic rings. The van der Waals surface area contributed by atoms with Crippen LogP contribution < -0.4 is 5.32 Å². The van der Waals surface area contributed by atoms with E-state index in [2.05, 4.69) is 41.5 Å². The third kappa shape index (κ3) is 5.88. The first-order valence-electron chi connectivity index (χ1n) is 7.76. The van der Waals surface area contributed by atoms with Crippen molar-refractivity contribution in [2.75, 3.05) is 12.3 Å². The summed E-state index contributed by atoms with van der Waals surface area (Å²) in [6.07, 6.45) is 9.81. The van der Waals surface area contributed by atoms with Gasteiger partial charge in [0.25, 0.3) is 0 Å². The number of nitrogens with one attached hydrogen (secondary N) is 1. The van der Waals surface area contributed by atoms with Crippen molar-refractivity contribution in [2.24, 2.45) is 0 Å². The highest BCUT2D eigenvalue weighted by atomic mass is 32.2. The average Bonchev–Trinajstić information content (AvgIpc) is 2.96. The van der Waals surface area contributed by atoms with Gasteiger partial charge < -0.3 is 5.32 Å². The number of thiophene rings is 1. The smallest absolute Gasteiger partial charge is 0.0161 e. The molecular weight excluding hydrogens is 270 g/mol. The van der Waals surface area contributed by atoms with Gasteiger partial charge >= 0.3 is 0 Å². The summed E-state index contributed by atoms with van der Waals surface area (Å²) < 4.78 is 0. The maximum absolute atomic E-state index is 3.67. The van der Waals surface area contributed by atoms with Gasteiger partial charge in [0.1, 0.15) is 0 Å². The van der Waals surface area contributed by atoms with Gasteiger partial charge in [0.05, 0.1) is 0 Å². The molecule has 0 radical (unpaired) electrons.